The van der Waals surface area contributed by atoms with Crippen molar-refractivity contribution < 1.29 is 9.59 Å². The molecule has 0 spiro atoms. The summed E-state index contributed by atoms with van der Waals surface area (Å²) in [5, 5.41) is 2.89. The van der Waals surface area contributed by atoms with Gasteiger partial charge in [0.25, 0.3) is 0 Å². The van der Waals surface area contributed by atoms with Crippen LogP contribution in [0, 0.1) is 5.92 Å². The Labute approximate surface area is 138 Å². The van der Waals surface area contributed by atoms with Gasteiger partial charge < -0.3 is 10.2 Å². The van der Waals surface area contributed by atoms with Crippen molar-refractivity contribution in [2.24, 2.45) is 5.92 Å². The predicted molar refractivity (Wildman–Crippen MR) is 92.2 cm³/mol. The van der Waals surface area contributed by atoms with E-state index in [2.05, 4.69) is 24.1 Å². The standard InChI is InChI=1S/C18H27N3O2/c1-15(2)8-9-18(23)21-12-10-20(11-13-21)14-17(22)19-16-6-4-3-5-7-16/h3-7,15H,8-14H2,1-2H3,(H,19,22). The highest BCUT2D eigenvalue weighted by Crippen LogP contribution is 2.10. The van der Waals surface area contributed by atoms with E-state index in [1.165, 1.54) is 0 Å². The molecule has 0 atom stereocenters. The van der Waals surface area contributed by atoms with Gasteiger partial charge in [0.2, 0.25) is 11.8 Å². The molecule has 1 aliphatic rings. The maximum Gasteiger partial charge on any atom is 0.238 e. The number of para-hydroxylation sites is 1. The Bertz CT molecular complexity index is 508. The van der Waals surface area contributed by atoms with Crippen molar-refractivity contribution in [3.05, 3.63) is 30.3 Å². The number of nitrogens with one attached hydrogen (secondary N) is 1. The number of piperazine rings is 1. The Kier molecular flexibility index (Phi) is 6.59. The van der Waals surface area contributed by atoms with Gasteiger partial charge in [-0.1, -0.05) is 32.0 Å². The second kappa shape index (κ2) is 8.67. The molecule has 0 aromatic heterocycles. The van der Waals surface area contributed by atoms with Crippen molar-refractivity contribution in [1.82, 2.24) is 9.80 Å². The molecule has 1 aromatic rings. The summed E-state index contributed by atoms with van der Waals surface area (Å²) in [6.45, 7) is 7.60. The summed E-state index contributed by atoms with van der Waals surface area (Å²) in [5.74, 6) is 0.796. The lowest BCUT2D eigenvalue weighted by Crippen LogP contribution is -2.50. The van der Waals surface area contributed by atoms with Crippen LogP contribution in [0.3, 0.4) is 0 Å². The normalized spacial score (nSPS) is 15.7. The van der Waals surface area contributed by atoms with Crippen LogP contribution in [0.1, 0.15) is 26.7 Å². The lowest BCUT2D eigenvalue weighted by molar-refractivity contribution is -0.133. The van der Waals surface area contributed by atoms with E-state index in [1.807, 2.05) is 35.2 Å². The molecule has 0 saturated carbocycles. The molecule has 0 bridgehead atoms. The smallest absolute Gasteiger partial charge is 0.238 e. The molecular weight excluding hydrogens is 290 g/mol. The Balaban J connectivity index is 1.70. The SMILES string of the molecule is CC(C)CCC(=O)N1CCN(CC(=O)Nc2ccccc2)CC1. The molecule has 5 heteroatoms. The van der Waals surface area contributed by atoms with Gasteiger partial charge in [0.05, 0.1) is 6.54 Å². The van der Waals surface area contributed by atoms with Gasteiger partial charge in [-0.25, -0.2) is 0 Å². The van der Waals surface area contributed by atoms with Crippen LogP contribution in [0.2, 0.25) is 0 Å². The van der Waals surface area contributed by atoms with Crippen LogP contribution in [-0.2, 0) is 9.59 Å². The van der Waals surface area contributed by atoms with Gasteiger partial charge in [-0.05, 0) is 24.5 Å². The maximum absolute atomic E-state index is 12.1. The van der Waals surface area contributed by atoms with E-state index in [-0.39, 0.29) is 11.8 Å². The minimum Gasteiger partial charge on any atom is -0.340 e. The summed E-state index contributed by atoms with van der Waals surface area (Å²) in [7, 11) is 0. The van der Waals surface area contributed by atoms with E-state index in [0.29, 0.717) is 18.9 Å². The van der Waals surface area contributed by atoms with Crippen molar-refractivity contribution in [3.8, 4) is 0 Å². The number of hydrogen-bond donors (Lipinski definition) is 1. The van der Waals surface area contributed by atoms with Gasteiger partial charge in [0.15, 0.2) is 0 Å². The average Bonchev–Trinajstić information content (AvgIpc) is 2.54. The maximum atomic E-state index is 12.1. The van der Waals surface area contributed by atoms with Gasteiger partial charge >= 0.3 is 0 Å². The van der Waals surface area contributed by atoms with E-state index in [9.17, 15) is 9.59 Å². The number of hydrogen-bond acceptors (Lipinski definition) is 3. The Morgan fingerprint density at radius 3 is 2.35 bits per heavy atom. The summed E-state index contributed by atoms with van der Waals surface area (Å²) < 4.78 is 0. The number of benzene rings is 1. The molecule has 1 heterocycles. The highest BCUT2D eigenvalue weighted by molar-refractivity contribution is 5.92. The van der Waals surface area contributed by atoms with Crippen LogP contribution < -0.4 is 5.32 Å². The van der Waals surface area contributed by atoms with Crippen LogP contribution in [0.25, 0.3) is 0 Å². The predicted octanol–water partition coefficient (Wildman–Crippen LogP) is 2.21. The summed E-state index contributed by atoms with van der Waals surface area (Å²) in [5.41, 5.74) is 0.819. The molecule has 1 aromatic carbocycles. The summed E-state index contributed by atoms with van der Waals surface area (Å²) in [6, 6.07) is 9.48. The molecule has 2 amide bonds. The lowest BCUT2D eigenvalue weighted by atomic mass is 10.1. The lowest BCUT2D eigenvalue weighted by Gasteiger charge is -2.34. The quantitative estimate of drug-likeness (QED) is 0.875. The minimum absolute atomic E-state index is 0.00390. The van der Waals surface area contributed by atoms with Crippen molar-refractivity contribution in [1.29, 1.82) is 0 Å². The van der Waals surface area contributed by atoms with Crippen LogP contribution in [0.5, 0.6) is 0 Å². The molecule has 1 N–H and O–H groups in total. The zero-order valence-electron chi connectivity index (χ0n) is 14.1. The van der Waals surface area contributed by atoms with Crippen molar-refractivity contribution in [2.45, 2.75) is 26.7 Å². The molecule has 23 heavy (non-hydrogen) atoms. The van der Waals surface area contributed by atoms with Gasteiger partial charge in [0, 0.05) is 38.3 Å². The van der Waals surface area contributed by atoms with Crippen molar-refractivity contribution >= 4 is 17.5 Å². The molecule has 0 aliphatic carbocycles. The first-order valence-electron chi connectivity index (χ1n) is 8.39. The first-order valence-corrected chi connectivity index (χ1v) is 8.39. The molecule has 0 radical (unpaired) electrons. The van der Waals surface area contributed by atoms with Crippen LogP contribution in [0.4, 0.5) is 5.69 Å². The molecule has 1 saturated heterocycles. The van der Waals surface area contributed by atoms with Crippen LogP contribution in [0.15, 0.2) is 30.3 Å². The number of rotatable bonds is 6. The fourth-order valence-corrected chi connectivity index (χ4v) is 2.65. The number of carbonyl (C=O) groups is 2. The number of anilines is 1. The third-order valence-corrected chi connectivity index (χ3v) is 4.09. The highest BCUT2D eigenvalue weighted by Gasteiger charge is 2.22. The first-order chi connectivity index (χ1) is 11.0. The van der Waals surface area contributed by atoms with Crippen LogP contribution in [-0.4, -0.2) is 54.3 Å². The number of nitrogens with zero attached hydrogens (tertiary/aromatic N) is 2. The van der Waals surface area contributed by atoms with E-state index < -0.39 is 0 Å². The summed E-state index contributed by atoms with van der Waals surface area (Å²) in [4.78, 5) is 28.2. The molecule has 1 fully saturated rings. The van der Waals surface area contributed by atoms with Gasteiger partial charge in [-0.15, -0.1) is 0 Å². The molecule has 1 aliphatic heterocycles. The monoisotopic (exact) mass is 317 g/mol. The topological polar surface area (TPSA) is 52.7 Å². The van der Waals surface area contributed by atoms with Gasteiger partial charge in [-0.2, -0.15) is 0 Å². The van der Waals surface area contributed by atoms with E-state index >= 15 is 0 Å². The zero-order valence-corrected chi connectivity index (χ0v) is 14.1. The third kappa shape index (κ3) is 6.02. The van der Waals surface area contributed by atoms with E-state index in [0.717, 1.165) is 38.3 Å². The van der Waals surface area contributed by atoms with Crippen LogP contribution >= 0.6 is 0 Å². The van der Waals surface area contributed by atoms with Crippen molar-refractivity contribution in [3.63, 3.8) is 0 Å². The largest absolute Gasteiger partial charge is 0.340 e. The zero-order chi connectivity index (χ0) is 16.7. The fraction of sp³-hybridized carbons (Fsp3) is 0.556. The van der Waals surface area contributed by atoms with E-state index in [4.69, 9.17) is 0 Å². The molecule has 0 unspecified atom stereocenters. The van der Waals surface area contributed by atoms with Gasteiger partial charge in [0.1, 0.15) is 0 Å². The Morgan fingerprint density at radius 2 is 1.74 bits per heavy atom. The molecule has 126 valence electrons. The second-order valence-electron chi connectivity index (χ2n) is 6.50. The average molecular weight is 317 g/mol. The molecular formula is C18H27N3O2. The highest BCUT2D eigenvalue weighted by atomic mass is 16.2. The number of carbonyl (C=O) groups excluding carboxylic acids is 2. The molecule has 5 nitrogen and oxygen atoms in total. The molecule has 2 rings (SSSR count). The third-order valence-electron chi connectivity index (χ3n) is 4.09. The summed E-state index contributed by atoms with van der Waals surface area (Å²) >= 11 is 0. The first kappa shape index (κ1) is 17.5. The Hall–Kier alpha value is -1.88. The van der Waals surface area contributed by atoms with Crippen molar-refractivity contribution in [2.75, 3.05) is 38.0 Å². The summed E-state index contributed by atoms with van der Waals surface area (Å²) in [6.07, 6.45) is 1.57. The fourth-order valence-electron chi connectivity index (χ4n) is 2.65. The second-order valence-corrected chi connectivity index (χ2v) is 6.50. The Morgan fingerprint density at radius 1 is 1.09 bits per heavy atom. The van der Waals surface area contributed by atoms with E-state index in [1.54, 1.807) is 0 Å². The van der Waals surface area contributed by atoms with Gasteiger partial charge in [-0.3, -0.25) is 14.5 Å². The number of amides is 2. The minimum atomic E-state index is -0.00390.